The van der Waals surface area contributed by atoms with Gasteiger partial charge >= 0.3 is 0 Å². The standard InChI is InChI=1S/C22H19N3O5/c1-13-5-3-4-6-15(13)17-7-8-22(28)25(24-17)11-21(27)23-18-10-20-19(29-12-30-20)9-16(18)14(2)26/h3-10H,11-12H2,1-2H3,(H,23,27). The first-order chi connectivity index (χ1) is 14.4. The molecule has 0 unspecified atom stereocenters. The van der Waals surface area contributed by atoms with E-state index in [4.69, 9.17) is 9.47 Å². The van der Waals surface area contributed by atoms with Gasteiger partial charge in [-0.05, 0) is 31.5 Å². The Hall–Kier alpha value is -3.94. The molecule has 2 heterocycles. The molecule has 1 aliphatic heterocycles. The molecule has 0 saturated heterocycles. The Kier molecular flexibility index (Phi) is 5.05. The van der Waals surface area contributed by atoms with Gasteiger partial charge in [-0.2, -0.15) is 5.10 Å². The molecule has 1 aliphatic rings. The van der Waals surface area contributed by atoms with E-state index in [0.717, 1.165) is 15.8 Å². The van der Waals surface area contributed by atoms with E-state index in [2.05, 4.69) is 10.4 Å². The third-order valence-corrected chi connectivity index (χ3v) is 4.75. The minimum atomic E-state index is -0.493. The van der Waals surface area contributed by atoms with E-state index in [0.29, 0.717) is 28.4 Å². The van der Waals surface area contributed by atoms with Gasteiger partial charge in [0.25, 0.3) is 5.56 Å². The number of benzene rings is 2. The maximum atomic E-state index is 12.6. The molecule has 0 aliphatic carbocycles. The van der Waals surface area contributed by atoms with Crippen LogP contribution in [-0.4, -0.2) is 28.3 Å². The molecular weight excluding hydrogens is 386 g/mol. The highest BCUT2D eigenvalue weighted by Crippen LogP contribution is 2.37. The summed E-state index contributed by atoms with van der Waals surface area (Å²) in [5.41, 5.74) is 2.65. The predicted molar refractivity (Wildman–Crippen MR) is 110 cm³/mol. The fourth-order valence-corrected chi connectivity index (χ4v) is 3.23. The number of carbonyl (C=O) groups excluding carboxylic acids is 2. The first-order valence-corrected chi connectivity index (χ1v) is 9.31. The summed E-state index contributed by atoms with van der Waals surface area (Å²) in [5.74, 6) is 0.155. The summed E-state index contributed by atoms with van der Waals surface area (Å²) in [4.78, 5) is 36.8. The van der Waals surface area contributed by atoms with E-state index in [1.807, 2.05) is 31.2 Å². The number of carbonyl (C=O) groups is 2. The molecule has 2 aromatic carbocycles. The van der Waals surface area contributed by atoms with Crippen LogP contribution in [0.1, 0.15) is 22.8 Å². The van der Waals surface area contributed by atoms with E-state index in [-0.39, 0.29) is 19.1 Å². The summed E-state index contributed by atoms with van der Waals surface area (Å²) in [6.45, 7) is 3.09. The van der Waals surface area contributed by atoms with Crippen LogP contribution in [0.15, 0.2) is 53.3 Å². The molecule has 0 atom stereocenters. The lowest BCUT2D eigenvalue weighted by Gasteiger charge is -2.12. The summed E-state index contributed by atoms with van der Waals surface area (Å²) in [5, 5.41) is 7.00. The van der Waals surface area contributed by atoms with Crippen molar-refractivity contribution in [1.29, 1.82) is 0 Å². The monoisotopic (exact) mass is 405 g/mol. The number of ketones is 1. The molecule has 0 saturated carbocycles. The zero-order valence-corrected chi connectivity index (χ0v) is 16.5. The molecule has 4 rings (SSSR count). The molecule has 0 spiro atoms. The molecule has 8 heteroatoms. The van der Waals surface area contributed by atoms with E-state index in [1.165, 1.54) is 25.1 Å². The molecule has 1 N–H and O–H groups in total. The van der Waals surface area contributed by atoms with Crippen LogP contribution in [-0.2, 0) is 11.3 Å². The molecule has 0 fully saturated rings. The molecule has 30 heavy (non-hydrogen) atoms. The number of anilines is 1. The largest absolute Gasteiger partial charge is 0.454 e. The highest BCUT2D eigenvalue weighted by molar-refractivity contribution is 6.04. The van der Waals surface area contributed by atoms with E-state index in [1.54, 1.807) is 6.07 Å². The Bertz CT molecular complexity index is 1220. The van der Waals surface area contributed by atoms with Crippen LogP contribution < -0.4 is 20.3 Å². The Morgan fingerprint density at radius 3 is 2.57 bits per heavy atom. The van der Waals surface area contributed by atoms with Crippen molar-refractivity contribution in [2.75, 3.05) is 12.1 Å². The van der Waals surface area contributed by atoms with Gasteiger partial charge in [0.15, 0.2) is 17.3 Å². The second kappa shape index (κ2) is 7.82. The highest BCUT2D eigenvalue weighted by Gasteiger charge is 2.20. The smallest absolute Gasteiger partial charge is 0.267 e. The third-order valence-electron chi connectivity index (χ3n) is 4.75. The van der Waals surface area contributed by atoms with Gasteiger partial charge in [0.1, 0.15) is 6.54 Å². The van der Waals surface area contributed by atoms with Crippen LogP contribution in [0.3, 0.4) is 0 Å². The van der Waals surface area contributed by atoms with Crippen LogP contribution in [0.4, 0.5) is 5.69 Å². The number of ether oxygens (including phenoxy) is 2. The molecule has 1 amide bonds. The maximum Gasteiger partial charge on any atom is 0.267 e. The predicted octanol–water partition coefficient (Wildman–Crippen LogP) is 2.79. The lowest BCUT2D eigenvalue weighted by atomic mass is 10.1. The minimum absolute atomic E-state index is 0.0507. The summed E-state index contributed by atoms with van der Waals surface area (Å²) >= 11 is 0. The SMILES string of the molecule is CC(=O)c1cc2c(cc1NC(=O)Cn1nc(-c3ccccc3C)ccc1=O)OCO2. The number of Topliss-reactive ketones (excluding diaryl/α,β-unsaturated/α-hetero) is 1. The van der Waals surface area contributed by atoms with Crippen LogP contribution in [0, 0.1) is 6.92 Å². The molecule has 8 nitrogen and oxygen atoms in total. The van der Waals surface area contributed by atoms with Crippen molar-refractivity contribution in [3.8, 4) is 22.8 Å². The van der Waals surface area contributed by atoms with Crippen molar-refractivity contribution in [3.05, 3.63) is 70.0 Å². The lowest BCUT2D eigenvalue weighted by molar-refractivity contribution is -0.117. The van der Waals surface area contributed by atoms with Crippen molar-refractivity contribution < 1.29 is 19.1 Å². The second-order valence-corrected chi connectivity index (χ2v) is 6.88. The normalized spacial score (nSPS) is 11.9. The van der Waals surface area contributed by atoms with Gasteiger partial charge in [-0.25, -0.2) is 4.68 Å². The number of amides is 1. The number of fused-ring (bicyclic) bond motifs is 1. The maximum absolute atomic E-state index is 12.6. The topological polar surface area (TPSA) is 99.5 Å². The molecule has 3 aromatic rings. The Labute approximate surface area is 172 Å². The number of hydrogen-bond acceptors (Lipinski definition) is 6. The molecule has 0 radical (unpaired) electrons. The van der Waals surface area contributed by atoms with Crippen molar-refractivity contribution in [2.24, 2.45) is 0 Å². The van der Waals surface area contributed by atoms with Crippen LogP contribution >= 0.6 is 0 Å². The Morgan fingerprint density at radius 1 is 1.10 bits per heavy atom. The zero-order chi connectivity index (χ0) is 21.3. The average Bonchev–Trinajstić information content (AvgIpc) is 3.17. The van der Waals surface area contributed by atoms with Gasteiger partial charge in [-0.15, -0.1) is 0 Å². The summed E-state index contributed by atoms with van der Waals surface area (Å²) in [6.07, 6.45) is 0. The number of aromatic nitrogens is 2. The van der Waals surface area contributed by atoms with Gasteiger partial charge in [-0.1, -0.05) is 24.3 Å². The van der Waals surface area contributed by atoms with E-state index < -0.39 is 11.5 Å². The third kappa shape index (κ3) is 3.80. The van der Waals surface area contributed by atoms with Crippen molar-refractivity contribution in [3.63, 3.8) is 0 Å². The van der Waals surface area contributed by atoms with Gasteiger partial charge < -0.3 is 14.8 Å². The zero-order valence-electron chi connectivity index (χ0n) is 16.5. The van der Waals surface area contributed by atoms with Crippen LogP contribution in [0.25, 0.3) is 11.3 Å². The average molecular weight is 405 g/mol. The van der Waals surface area contributed by atoms with Gasteiger partial charge in [0.2, 0.25) is 12.7 Å². The van der Waals surface area contributed by atoms with Gasteiger partial charge in [0, 0.05) is 23.3 Å². The summed E-state index contributed by atoms with van der Waals surface area (Å²) in [6, 6.07) is 13.7. The van der Waals surface area contributed by atoms with Crippen LogP contribution in [0.2, 0.25) is 0 Å². The number of aryl methyl sites for hydroxylation is 1. The summed E-state index contributed by atoms with van der Waals surface area (Å²) < 4.78 is 11.7. The number of nitrogens with zero attached hydrogens (tertiary/aromatic N) is 2. The molecule has 0 bridgehead atoms. The molecular formula is C22H19N3O5. The highest BCUT2D eigenvalue weighted by atomic mass is 16.7. The fraction of sp³-hybridized carbons (Fsp3) is 0.182. The van der Waals surface area contributed by atoms with Crippen molar-refractivity contribution in [2.45, 2.75) is 20.4 Å². The van der Waals surface area contributed by atoms with E-state index >= 15 is 0 Å². The minimum Gasteiger partial charge on any atom is -0.454 e. The Balaban J connectivity index is 1.60. The number of rotatable bonds is 5. The quantitative estimate of drug-likeness (QED) is 0.656. The first kappa shape index (κ1) is 19.4. The first-order valence-electron chi connectivity index (χ1n) is 9.31. The van der Waals surface area contributed by atoms with Crippen molar-refractivity contribution in [1.82, 2.24) is 9.78 Å². The summed E-state index contributed by atoms with van der Waals surface area (Å²) in [7, 11) is 0. The number of nitrogens with one attached hydrogen (secondary N) is 1. The fourth-order valence-electron chi connectivity index (χ4n) is 3.23. The second-order valence-electron chi connectivity index (χ2n) is 6.88. The molecule has 152 valence electrons. The number of hydrogen-bond donors (Lipinski definition) is 1. The van der Waals surface area contributed by atoms with Gasteiger partial charge in [-0.3, -0.25) is 14.4 Å². The van der Waals surface area contributed by atoms with Gasteiger partial charge in [0.05, 0.1) is 11.4 Å². The molecule has 1 aromatic heterocycles. The lowest BCUT2D eigenvalue weighted by Crippen LogP contribution is -2.29. The Morgan fingerprint density at radius 2 is 1.83 bits per heavy atom. The van der Waals surface area contributed by atoms with Crippen LogP contribution in [0.5, 0.6) is 11.5 Å². The van der Waals surface area contributed by atoms with Crippen molar-refractivity contribution >= 4 is 17.4 Å². The van der Waals surface area contributed by atoms with E-state index in [9.17, 15) is 14.4 Å².